The second-order valence-corrected chi connectivity index (χ2v) is 4.37. The number of carbonyl (C=O) groups excluding carboxylic acids is 1. The molecule has 0 saturated carbocycles. The maximum atomic E-state index is 11.3. The number of hydrazone groups is 1. The van der Waals surface area contributed by atoms with E-state index in [-0.39, 0.29) is 5.91 Å². The third-order valence-corrected chi connectivity index (χ3v) is 3.06. The van der Waals surface area contributed by atoms with E-state index in [0.717, 1.165) is 0 Å². The van der Waals surface area contributed by atoms with Crippen molar-refractivity contribution in [3.8, 4) is 0 Å². The standard InChI is InChI=1S/C9H7N3OS2/c13-8-6-15-9(14)12(8)11-5-7-3-1-2-4-10-7/h1-5H,6H2/b11-5-. The average molecular weight is 237 g/mol. The van der Waals surface area contributed by atoms with Gasteiger partial charge in [-0.3, -0.25) is 9.78 Å². The zero-order valence-electron chi connectivity index (χ0n) is 7.66. The van der Waals surface area contributed by atoms with Crippen molar-refractivity contribution in [2.45, 2.75) is 0 Å². The zero-order valence-corrected chi connectivity index (χ0v) is 9.29. The molecule has 1 saturated heterocycles. The fourth-order valence-electron chi connectivity index (χ4n) is 1.03. The molecule has 1 fully saturated rings. The van der Waals surface area contributed by atoms with Crippen molar-refractivity contribution in [2.24, 2.45) is 5.10 Å². The van der Waals surface area contributed by atoms with E-state index in [4.69, 9.17) is 12.2 Å². The van der Waals surface area contributed by atoms with Gasteiger partial charge in [-0.05, 0) is 12.1 Å². The monoisotopic (exact) mass is 237 g/mol. The molecule has 1 aliphatic rings. The summed E-state index contributed by atoms with van der Waals surface area (Å²) in [5, 5.41) is 5.22. The number of rotatable bonds is 2. The minimum atomic E-state index is -0.0859. The van der Waals surface area contributed by atoms with Crippen molar-refractivity contribution in [2.75, 3.05) is 5.75 Å². The van der Waals surface area contributed by atoms with E-state index in [1.807, 2.05) is 12.1 Å². The molecule has 0 atom stereocenters. The number of thioether (sulfide) groups is 1. The minimum absolute atomic E-state index is 0.0859. The Morgan fingerprint density at radius 1 is 1.60 bits per heavy atom. The SMILES string of the molecule is O=C1CSC(=S)N1/N=C\c1ccccn1. The molecule has 1 amide bonds. The average Bonchev–Trinajstić information content (AvgIpc) is 2.58. The van der Waals surface area contributed by atoms with Gasteiger partial charge in [0.05, 0.1) is 17.7 Å². The van der Waals surface area contributed by atoms with Crippen LogP contribution in [0.5, 0.6) is 0 Å². The van der Waals surface area contributed by atoms with Crippen LogP contribution in [0.3, 0.4) is 0 Å². The van der Waals surface area contributed by atoms with Gasteiger partial charge >= 0.3 is 0 Å². The normalized spacial score (nSPS) is 16.7. The Morgan fingerprint density at radius 3 is 3.07 bits per heavy atom. The molecule has 0 aromatic carbocycles. The van der Waals surface area contributed by atoms with Crippen molar-refractivity contribution in [1.82, 2.24) is 9.99 Å². The summed E-state index contributed by atoms with van der Waals surface area (Å²) in [5.74, 6) is 0.287. The van der Waals surface area contributed by atoms with Gasteiger partial charge in [0, 0.05) is 6.20 Å². The molecule has 1 aliphatic heterocycles. The third kappa shape index (κ3) is 2.40. The van der Waals surface area contributed by atoms with Gasteiger partial charge in [-0.25, -0.2) is 0 Å². The van der Waals surface area contributed by atoms with Crippen LogP contribution in [-0.4, -0.2) is 32.2 Å². The Bertz CT molecular complexity index is 403. The van der Waals surface area contributed by atoms with Gasteiger partial charge in [-0.1, -0.05) is 30.0 Å². The predicted molar refractivity (Wildman–Crippen MR) is 63.7 cm³/mol. The van der Waals surface area contributed by atoms with Gasteiger partial charge < -0.3 is 0 Å². The van der Waals surface area contributed by atoms with E-state index in [2.05, 4.69) is 10.1 Å². The first-order valence-electron chi connectivity index (χ1n) is 4.22. The first-order chi connectivity index (χ1) is 7.27. The van der Waals surface area contributed by atoms with Gasteiger partial charge in [0.1, 0.15) is 0 Å². The Kier molecular flexibility index (Phi) is 3.08. The minimum Gasteiger partial charge on any atom is -0.272 e. The molecule has 0 bridgehead atoms. The topological polar surface area (TPSA) is 45.6 Å². The van der Waals surface area contributed by atoms with E-state index in [1.165, 1.54) is 23.0 Å². The summed E-state index contributed by atoms with van der Waals surface area (Å²) in [5.41, 5.74) is 0.699. The lowest BCUT2D eigenvalue weighted by molar-refractivity contribution is -0.123. The summed E-state index contributed by atoms with van der Waals surface area (Å²) in [4.78, 5) is 15.3. The highest BCUT2D eigenvalue weighted by Gasteiger charge is 2.25. The van der Waals surface area contributed by atoms with Crippen LogP contribution in [0.1, 0.15) is 5.69 Å². The molecule has 0 aliphatic carbocycles. The van der Waals surface area contributed by atoms with E-state index in [0.29, 0.717) is 15.8 Å². The van der Waals surface area contributed by atoms with Crippen molar-refractivity contribution in [3.05, 3.63) is 30.1 Å². The number of thiocarbonyl (C=S) groups is 1. The van der Waals surface area contributed by atoms with Crippen LogP contribution in [-0.2, 0) is 4.79 Å². The Labute approximate surface area is 96.4 Å². The molecule has 15 heavy (non-hydrogen) atoms. The molecular formula is C9H7N3OS2. The second kappa shape index (κ2) is 4.50. The summed E-state index contributed by atoms with van der Waals surface area (Å²) < 4.78 is 0.493. The molecular weight excluding hydrogens is 230 g/mol. The van der Waals surface area contributed by atoms with Crippen LogP contribution >= 0.6 is 24.0 Å². The van der Waals surface area contributed by atoms with Crippen molar-refractivity contribution >= 4 is 40.4 Å². The molecule has 0 spiro atoms. The van der Waals surface area contributed by atoms with E-state index in [1.54, 1.807) is 12.3 Å². The van der Waals surface area contributed by atoms with Crippen molar-refractivity contribution in [3.63, 3.8) is 0 Å². The van der Waals surface area contributed by atoms with Crippen molar-refractivity contribution in [1.29, 1.82) is 0 Å². The van der Waals surface area contributed by atoms with Gasteiger partial charge in [0.15, 0.2) is 4.32 Å². The summed E-state index contributed by atoms with van der Waals surface area (Å²) in [6.07, 6.45) is 3.19. The van der Waals surface area contributed by atoms with Crippen LogP contribution in [0.15, 0.2) is 29.5 Å². The smallest absolute Gasteiger partial charge is 0.259 e. The molecule has 1 aromatic heterocycles. The highest BCUT2D eigenvalue weighted by molar-refractivity contribution is 8.23. The zero-order chi connectivity index (χ0) is 10.7. The van der Waals surface area contributed by atoms with Crippen LogP contribution in [0, 0.1) is 0 Å². The number of aromatic nitrogens is 1. The number of nitrogens with zero attached hydrogens (tertiary/aromatic N) is 3. The fourth-order valence-corrected chi connectivity index (χ4v) is 1.99. The lowest BCUT2D eigenvalue weighted by atomic mass is 10.4. The third-order valence-electron chi connectivity index (χ3n) is 1.72. The molecule has 1 aromatic rings. The van der Waals surface area contributed by atoms with Crippen LogP contribution in [0.2, 0.25) is 0 Å². The highest BCUT2D eigenvalue weighted by Crippen LogP contribution is 2.19. The Hall–Kier alpha value is -1.27. The fraction of sp³-hybridized carbons (Fsp3) is 0.111. The molecule has 2 heterocycles. The van der Waals surface area contributed by atoms with Gasteiger partial charge in [0.2, 0.25) is 0 Å². The van der Waals surface area contributed by atoms with Crippen molar-refractivity contribution < 1.29 is 4.79 Å². The number of carbonyl (C=O) groups is 1. The molecule has 2 rings (SSSR count). The van der Waals surface area contributed by atoms with Crippen LogP contribution in [0.4, 0.5) is 0 Å². The molecule has 76 valence electrons. The number of hydrogen-bond acceptors (Lipinski definition) is 5. The van der Waals surface area contributed by atoms with E-state index < -0.39 is 0 Å². The summed E-state index contributed by atoms with van der Waals surface area (Å²) in [6, 6.07) is 5.48. The maximum Gasteiger partial charge on any atom is 0.259 e. The highest BCUT2D eigenvalue weighted by atomic mass is 32.2. The number of pyridine rings is 1. The molecule has 0 unspecified atom stereocenters. The molecule has 4 nitrogen and oxygen atoms in total. The van der Waals surface area contributed by atoms with Gasteiger partial charge in [-0.15, -0.1) is 0 Å². The Morgan fingerprint density at radius 2 is 2.47 bits per heavy atom. The Balaban J connectivity index is 2.12. The predicted octanol–water partition coefficient (Wildman–Crippen LogP) is 1.28. The first-order valence-corrected chi connectivity index (χ1v) is 5.61. The molecule has 6 heteroatoms. The first kappa shape index (κ1) is 10.3. The molecule has 0 N–H and O–H groups in total. The van der Waals surface area contributed by atoms with E-state index >= 15 is 0 Å². The number of amides is 1. The number of hydrogen-bond donors (Lipinski definition) is 0. The lowest BCUT2D eigenvalue weighted by Gasteiger charge is -2.05. The molecule has 0 radical (unpaired) electrons. The summed E-state index contributed by atoms with van der Waals surface area (Å²) in [6.45, 7) is 0. The van der Waals surface area contributed by atoms with Gasteiger partial charge in [0.25, 0.3) is 5.91 Å². The summed E-state index contributed by atoms with van der Waals surface area (Å²) in [7, 11) is 0. The largest absolute Gasteiger partial charge is 0.272 e. The van der Waals surface area contributed by atoms with Crippen LogP contribution in [0.25, 0.3) is 0 Å². The van der Waals surface area contributed by atoms with Crippen LogP contribution < -0.4 is 0 Å². The quantitative estimate of drug-likeness (QED) is 0.574. The van der Waals surface area contributed by atoms with Gasteiger partial charge in [-0.2, -0.15) is 10.1 Å². The second-order valence-electron chi connectivity index (χ2n) is 2.76. The lowest BCUT2D eigenvalue weighted by Crippen LogP contribution is -2.22. The summed E-state index contributed by atoms with van der Waals surface area (Å²) >= 11 is 6.29. The van der Waals surface area contributed by atoms with E-state index in [9.17, 15) is 4.79 Å². The maximum absolute atomic E-state index is 11.3.